The van der Waals surface area contributed by atoms with Crippen LogP contribution in [0.4, 0.5) is 5.69 Å². The average Bonchev–Trinajstić information content (AvgIpc) is 2.37. The molecule has 114 valence electrons. The van der Waals surface area contributed by atoms with E-state index in [0.29, 0.717) is 4.90 Å². The Bertz CT molecular complexity index is 498. The summed E-state index contributed by atoms with van der Waals surface area (Å²) in [5, 5.41) is 3.11. The lowest BCUT2D eigenvalue weighted by molar-refractivity contribution is 0.570. The SMILES string of the molecule is CNCCCN(C)c1ccc(S(=O)(=O)NC(C)C)cc1. The van der Waals surface area contributed by atoms with Crippen LogP contribution in [0, 0.1) is 0 Å². The van der Waals surface area contributed by atoms with Crippen molar-refractivity contribution < 1.29 is 8.42 Å². The fourth-order valence-corrected chi connectivity index (χ4v) is 3.13. The second-order valence-corrected chi connectivity index (χ2v) is 6.86. The van der Waals surface area contributed by atoms with Gasteiger partial charge in [0, 0.05) is 25.3 Å². The first kappa shape index (κ1) is 16.9. The number of benzene rings is 1. The summed E-state index contributed by atoms with van der Waals surface area (Å²) in [7, 11) is 0.536. The molecule has 0 saturated carbocycles. The number of hydrogen-bond donors (Lipinski definition) is 2. The molecule has 0 unspecified atom stereocenters. The summed E-state index contributed by atoms with van der Waals surface area (Å²) in [6.07, 6.45) is 1.04. The number of anilines is 1. The van der Waals surface area contributed by atoms with Crippen LogP contribution in [0.5, 0.6) is 0 Å². The van der Waals surface area contributed by atoms with Crippen LogP contribution in [0.2, 0.25) is 0 Å². The van der Waals surface area contributed by atoms with Crippen molar-refractivity contribution in [1.29, 1.82) is 0 Å². The minimum atomic E-state index is -3.40. The van der Waals surface area contributed by atoms with Crippen molar-refractivity contribution in [3.05, 3.63) is 24.3 Å². The third kappa shape index (κ3) is 5.11. The summed E-state index contributed by atoms with van der Waals surface area (Å²) in [5.74, 6) is 0. The van der Waals surface area contributed by atoms with Crippen molar-refractivity contribution in [3.63, 3.8) is 0 Å². The standard InChI is InChI=1S/C14H25N3O2S/c1-12(2)16-20(18,19)14-8-6-13(7-9-14)17(4)11-5-10-15-3/h6-9,12,15-16H,5,10-11H2,1-4H3. The Hall–Kier alpha value is -1.11. The van der Waals surface area contributed by atoms with Crippen molar-refractivity contribution in [2.24, 2.45) is 0 Å². The quantitative estimate of drug-likeness (QED) is 0.713. The normalized spacial score (nSPS) is 11.8. The maximum Gasteiger partial charge on any atom is 0.240 e. The zero-order valence-electron chi connectivity index (χ0n) is 12.7. The number of rotatable bonds is 8. The summed E-state index contributed by atoms with van der Waals surface area (Å²) < 4.78 is 26.6. The monoisotopic (exact) mass is 299 g/mol. The molecule has 0 saturated heterocycles. The van der Waals surface area contributed by atoms with Crippen LogP contribution in [-0.2, 0) is 10.0 Å². The van der Waals surface area contributed by atoms with Gasteiger partial charge >= 0.3 is 0 Å². The van der Waals surface area contributed by atoms with Gasteiger partial charge in [0.25, 0.3) is 0 Å². The van der Waals surface area contributed by atoms with E-state index in [1.54, 1.807) is 12.1 Å². The molecule has 0 radical (unpaired) electrons. The topological polar surface area (TPSA) is 61.4 Å². The molecule has 20 heavy (non-hydrogen) atoms. The molecule has 0 aliphatic rings. The van der Waals surface area contributed by atoms with E-state index in [9.17, 15) is 8.42 Å². The van der Waals surface area contributed by atoms with E-state index in [1.165, 1.54) is 0 Å². The number of hydrogen-bond acceptors (Lipinski definition) is 4. The number of nitrogens with one attached hydrogen (secondary N) is 2. The Morgan fingerprint density at radius 2 is 1.80 bits per heavy atom. The second-order valence-electron chi connectivity index (χ2n) is 5.15. The van der Waals surface area contributed by atoms with E-state index in [-0.39, 0.29) is 6.04 Å². The lowest BCUT2D eigenvalue weighted by atomic mass is 10.3. The third-order valence-electron chi connectivity index (χ3n) is 2.90. The summed E-state index contributed by atoms with van der Waals surface area (Å²) in [5.41, 5.74) is 1.02. The second kappa shape index (κ2) is 7.61. The van der Waals surface area contributed by atoms with Gasteiger partial charge in [-0.15, -0.1) is 0 Å². The van der Waals surface area contributed by atoms with Crippen LogP contribution >= 0.6 is 0 Å². The zero-order valence-corrected chi connectivity index (χ0v) is 13.5. The summed E-state index contributed by atoms with van der Waals surface area (Å²) in [6, 6.07) is 6.87. The van der Waals surface area contributed by atoms with Crippen molar-refractivity contribution in [1.82, 2.24) is 10.0 Å². The molecule has 0 atom stereocenters. The molecule has 0 bridgehead atoms. The molecule has 0 fully saturated rings. The van der Waals surface area contributed by atoms with Gasteiger partial charge in [0.2, 0.25) is 10.0 Å². The largest absolute Gasteiger partial charge is 0.375 e. The highest BCUT2D eigenvalue weighted by Crippen LogP contribution is 2.17. The number of sulfonamides is 1. The zero-order chi connectivity index (χ0) is 15.2. The highest BCUT2D eigenvalue weighted by atomic mass is 32.2. The van der Waals surface area contributed by atoms with Gasteiger partial charge in [0.1, 0.15) is 0 Å². The molecule has 0 aromatic heterocycles. The molecule has 5 nitrogen and oxygen atoms in total. The van der Waals surface area contributed by atoms with Gasteiger partial charge in [-0.05, 0) is 58.1 Å². The van der Waals surface area contributed by atoms with Crippen LogP contribution < -0.4 is 14.9 Å². The van der Waals surface area contributed by atoms with E-state index >= 15 is 0 Å². The van der Waals surface area contributed by atoms with Crippen LogP contribution in [0.25, 0.3) is 0 Å². The van der Waals surface area contributed by atoms with Gasteiger partial charge in [-0.1, -0.05) is 0 Å². The molecule has 0 aliphatic heterocycles. The van der Waals surface area contributed by atoms with Crippen LogP contribution in [0.1, 0.15) is 20.3 Å². The maximum absolute atomic E-state index is 12.0. The van der Waals surface area contributed by atoms with Crippen LogP contribution in [0.3, 0.4) is 0 Å². The van der Waals surface area contributed by atoms with Gasteiger partial charge in [0.05, 0.1) is 4.90 Å². The van der Waals surface area contributed by atoms with Crippen LogP contribution in [-0.4, -0.2) is 41.6 Å². The highest BCUT2D eigenvalue weighted by molar-refractivity contribution is 7.89. The molecule has 1 aromatic carbocycles. The van der Waals surface area contributed by atoms with Gasteiger partial charge in [0.15, 0.2) is 0 Å². The molecule has 0 amide bonds. The van der Waals surface area contributed by atoms with Gasteiger partial charge in [-0.3, -0.25) is 0 Å². The summed E-state index contributed by atoms with van der Waals surface area (Å²) in [6.45, 7) is 5.51. The highest BCUT2D eigenvalue weighted by Gasteiger charge is 2.15. The van der Waals surface area contributed by atoms with Gasteiger partial charge in [-0.2, -0.15) is 0 Å². The van der Waals surface area contributed by atoms with E-state index in [2.05, 4.69) is 14.9 Å². The molecule has 0 aliphatic carbocycles. The third-order valence-corrected chi connectivity index (χ3v) is 4.57. The fourth-order valence-electron chi connectivity index (χ4n) is 1.88. The lowest BCUT2D eigenvalue weighted by Gasteiger charge is -2.19. The van der Waals surface area contributed by atoms with Crippen molar-refractivity contribution in [2.75, 3.05) is 32.1 Å². The molecule has 1 aromatic rings. The Morgan fingerprint density at radius 3 is 2.30 bits per heavy atom. The first-order valence-electron chi connectivity index (χ1n) is 6.85. The van der Waals surface area contributed by atoms with Gasteiger partial charge < -0.3 is 10.2 Å². The molecule has 0 heterocycles. The van der Waals surface area contributed by atoms with E-state index in [0.717, 1.165) is 25.2 Å². The van der Waals surface area contributed by atoms with Crippen molar-refractivity contribution >= 4 is 15.7 Å². The first-order chi connectivity index (χ1) is 9.36. The van der Waals surface area contributed by atoms with Crippen molar-refractivity contribution in [2.45, 2.75) is 31.2 Å². The van der Waals surface area contributed by atoms with E-state index in [4.69, 9.17) is 0 Å². The molecule has 2 N–H and O–H groups in total. The molecule has 6 heteroatoms. The summed E-state index contributed by atoms with van der Waals surface area (Å²) in [4.78, 5) is 2.42. The Balaban J connectivity index is 2.73. The minimum Gasteiger partial charge on any atom is -0.375 e. The molecular weight excluding hydrogens is 274 g/mol. The Morgan fingerprint density at radius 1 is 1.20 bits per heavy atom. The predicted molar refractivity (Wildman–Crippen MR) is 83.7 cm³/mol. The smallest absolute Gasteiger partial charge is 0.240 e. The maximum atomic E-state index is 12.0. The Labute approximate surface area is 122 Å². The summed E-state index contributed by atoms with van der Waals surface area (Å²) >= 11 is 0. The molecule has 0 spiro atoms. The van der Waals surface area contributed by atoms with Crippen LogP contribution in [0.15, 0.2) is 29.2 Å². The average molecular weight is 299 g/mol. The fraction of sp³-hybridized carbons (Fsp3) is 0.571. The lowest BCUT2D eigenvalue weighted by Crippen LogP contribution is -2.30. The first-order valence-corrected chi connectivity index (χ1v) is 8.33. The van der Waals surface area contributed by atoms with E-state index < -0.39 is 10.0 Å². The predicted octanol–water partition coefficient (Wildman–Crippen LogP) is 1.42. The molecular formula is C14H25N3O2S. The van der Waals surface area contributed by atoms with E-state index in [1.807, 2.05) is 40.1 Å². The molecule has 1 rings (SSSR count). The Kier molecular flexibility index (Phi) is 6.45. The van der Waals surface area contributed by atoms with Crippen molar-refractivity contribution in [3.8, 4) is 0 Å². The van der Waals surface area contributed by atoms with Gasteiger partial charge in [-0.25, -0.2) is 13.1 Å². The minimum absolute atomic E-state index is 0.108. The number of nitrogens with zero attached hydrogens (tertiary/aromatic N) is 1.